The van der Waals surface area contributed by atoms with Crippen molar-refractivity contribution in [2.45, 2.75) is 283 Å². The summed E-state index contributed by atoms with van der Waals surface area (Å²) in [6.07, 6.45) is 55.7. The highest BCUT2D eigenvalue weighted by Crippen LogP contribution is 2.31. The minimum Gasteiger partial charge on any atom is -0.481 e. The predicted molar refractivity (Wildman–Crippen MR) is 264 cm³/mol. The van der Waals surface area contributed by atoms with Crippen molar-refractivity contribution in [1.82, 2.24) is 0 Å². The number of carboxylic acid groups (broad SMARTS) is 2. The smallest absolute Gasteiger partial charge is 0.309 e. The molecular weight excluding hydrogens is 789 g/mol. The summed E-state index contributed by atoms with van der Waals surface area (Å²) < 4.78 is 5.67. The van der Waals surface area contributed by atoms with Crippen LogP contribution < -0.4 is 0 Å². The number of unbranched alkanes of at least 4 members (excludes halogenated alkanes) is 32. The van der Waals surface area contributed by atoms with E-state index in [0.29, 0.717) is 18.8 Å². The molecule has 8 heteroatoms. The lowest BCUT2D eigenvalue weighted by Crippen LogP contribution is -2.30. The van der Waals surface area contributed by atoms with Crippen molar-refractivity contribution in [3.05, 3.63) is 24.3 Å². The van der Waals surface area contributed by atoms with Crippen LogP contribution in [-0.4, -0.2) is 57.7 Å². The van der Waals surface area contributed by atoms with Crippen LogP contribution in [0.25, 0.3) is 0 Å². The molecule has 63 heavy (non-hydrogen) atoms. The van der Waals surface area contributed by atoms with Gasteiger partial charge in [-0.3, -0.25) is 14.4 Å². The predicted octanol–water partition coefficient (Wildman–Crippen LogP) is 15.8. The molecule has 0 aromatic carbocycles. The van der Waals surface area contributed by atoms with E-state index in [4.69, 9.17) is 14.9 Å². The summed E-state index contributed by atoms with van der Waals surface area (Å²) in [6, 6.07) is 0. The Morgan fingerprint density at radius 1 is 0.429 bits per heavy atom. The van der Waals surface area contributed by atoms with E-state index in [-0.39, 0.29) is 18.5 Å². The fourth-order valence-corrected chi connectivity index (χ4v) is 8.82. The molecule has 3 atom stereocenters. The molecule has 0 aromatic rings. The van der Waals surface area contributed by atoms with E-state index in [2.05, 4.69) is 31.2 Å². The second-order valence-electron chi connectivity index (χ2n) is 18.9. The molecule has 0 aliphatic carbocycles. The van der Waals surface area contributed by atoms with Crippen LogP contribution in [0.5, 0.6) is 0 Å². The van der Waals surface area contributed by atoms with Crippen LogP contribution in [0.4, 0.5) is 0 Å². The lowest BCUT2D eigenvalue weighted by Gasteiger charge is -2.27. The van der Waals surface area contributed by atoms with Crippen molar-refractivity contribution in [3.8, 4) is 0 Å². The van der Waals surface area contributed by atoms with E-state index >= 15 is 0 Å². The number of hydrogen-bond acceptors (Lipinski definition) is 6. The van der Waals surface area contributed by atoms with Gasteiger partial charge in [0.1, 0.15) is 12.7 Å². The number of carbonyl (C=O) groups excluding carboxylic acids is 1. The van der Waals surface area contributed by atoms with E-state index in [0.717, 1.165) is 109 Å². The third kappa shape index (κ3) is 46.2. The van der Waals surface area contributed by atoms with Crippen LogP contribution in [-0.2, 0) is 19.1 Å². The maximum absolute atomic E-state index is 13.6. The molecule has 8 nitrogen and oxygen atoms in total. The zero-order chi connectivity index (χ0) is 46.1. The highest BCUT2D eigenvalue weighted by Gasteiger charge is 2.29. The van der Waals surface area contributed by atoms with Gasteiger partial charge in [-0.1, -0.05) is 205 Å². The first-order valence-electron chi connectivity index (χ1n) is 27.0. The van der Waals surface area contributed by atoms with Gasteiger partial charge in [0.15, 0.2) is 0 Å². The van der Waals surface area contributed by atoms with Crippen LogP contribution in [0.3, 0.4) is 0 Å². The molecule has 3 unspecified atom stereocenters. The van der Waals surface area contributed by atoms with Gasteiger partial charge in [0, 0.05) is 12.8 Å². The Labute approximate surface area is 388 Å². The van der Waals surface area contributed by atoms with Crippen LogP contribution in [0.2, 0.25) is 0 Å². The Kier molecular flexibility index (Phi) is 47.5. The third-order valence-electron chi connectivity index (χ3n) is 12.9. The lowest BCUT2D eigenvalue weighted by atomic mass is 9.80. The Bertz CT molecular complexity index is 1060. The summed E-state index contributed by atoms with van der Waals surface area (Å²) in [7, 11) is 0. The molecule has 0 spiro atoms. The van der Waals surface area contributed by atoms with Crippen molar-refractivity contribution in [2.75, 3.05) is 13.2 Å². The molecule has 0 heterocycles. The standard InChI is InChI=1S/C55H102O8/c1-2-3-4-5-6-7-18-23-28-33-38-43-50(44-39-34-29-24-19-14-10-8-12-16-21-26-31-36-41-46-53(58)59)52(55(62)63-49-51(57)48-56)45-40-35-30-25-20-15-11-9-13-17-22-27-32-37-42-47-54(60)61/h8-9,12-13,50-52,56-57H,2-7,10-11,14-49H2,1H3,(H,58,59)(H,60,61)/b12-8-,13-9-. The van der Waals surface area contributed by atoms with Gasteiger partial charge in [0.25, 0.3) is 0 Å². The van der Waals surface area contributed by atoms with E-state index in [1.165, 1.54) is 148 Å². The topological polar surface area (TPSA) is 141 Å². The molecule has 0 aliphatic heterocycles. The Morgan fingerprint density at radius 2 is 0.730 bits per heavy atom. The fraction of sp³-hybridized carbons (Fsp3) is 0.873. The van der Waals surface area contributed by atoms with Crippen LogP contribution in [0, 0.1) is 11.8 Å². The summed E-state index contributed by atoms with van der Waals surface area (Å²) >= 11 is 0. The number of hydrogen-bond donors (Lipinski definition) is 4. The van der Waals surface area contributed by atoms with Gasteiger partial charge in [-0.05, 0) is 89.4 Å². The number of aliphatic hydroxyl groups excluding tert-OH is 2. The Morgan fingerprint density at radius 3 is 1.06 bits per heavy atom. The summed E-state index contributed by atoms with van der Waals surface area (Å²) in [5.74, 6) is -1.39. The van der Waals surface area contributed by atoms with Gasteiger partial charge >= 0.3 is 17.9 Å². The molecule has 370 valence electrons. The van der Waals surface area contributed by atoms with Crippen molar-refractivity contribution >= 4 is 17.9 Å². The molecular formula is C55H102O8. The van der Waals surface area contributed by atoms with E-state index in [1.807, 2.05) is 0 Å². The maximum Gasteiger partial charge on any atom is 0.309 e. The van der Waals surface area contributed by atoms with Gasteiger partial charge < -0.3 is 25.2 Å². The molecule has 0 fully saturated rings. The number of rotatable bonds is 51. The molecule has 0 aliphatic rings. The van der Waals surface area contributed by atoms with Gasteiger partial charge in [-0.25, -0.2) is 0 Å². The Balaban J connectivity index is 4.78. The molecule has 0 saturated heterocycles. The molecule has 0 rings (SSSR count). The first-order valence-corrected chi connectivity index (χ1v) is 27.0. The molecule has 0 bridgehead atoms. The largest absolute Gasteiger partial charge is 0.481 e. The number of carboxylic acids is 2. The second kappa shape index (κ2) is 49.2. The molecule has 0 amide bonds. The average molecular weight is 891 g/mol. The summed E-state index contributed by atoms with van der Waals surface area (Å²) in [4.78, 5) is 34.9. The van der Waals surface area contributed by atoms with Gasteiger partial charge in [-0.15, -0.1) is 0 Å². The van der Waals surface area contributed by atoms with Crippen LogP contribution in [0.15, 0.2) is 24.3 Å². The van der Waals surface area contributed by atoms with Crippen molar-refractivity contribution in [3.63, 3.8) is 0 Å². The zero-order valence-electron chi connectivity index (χ0n) is 41.1. The third-order valence-corrected chi connectivity index (χ3v) is 12.9. The summed E-state index contributed by atoms with van der Waals surface area (Å²) in [6.45, 7) is 1.74. The van der Waals surface area contributed by atoms with Crippen molar-refractivity contribution < 1.29 is 39.5 Å². The number of ether oxygens (including phenoxy) is 1. The van der Waals surface area contributed by atoms with Gasteiger partial charge in [0.2, 0.25) is 0 Å². The first kappa shape index (κ1) is 60.8. The highest BCUT2D eigenvalue weighted by atomic mass is 16.5. The zero-order valence-corrected chi connectivity index (χ0v) is 41.1. The first-order chi connectivity index (χ1) is 30.8. The molecule has 0 radical (unpaired) electrons. The van der Waals surface area contributed by atoms with Crippen molar-refractivity contribution in [1.29, 1.82) is 0 Å². The SMILES string of the molecule is CCCCCCCCCCCCCC(CCCCCCCC/C=C\CCCCCCCC(=O)O)C(CCCCCCCC/C=C\CCCCCCCC(=O)O)C(=O)OCC(O)CO. The van der Waals surface area contributed by atoms with Crippen LogP contribution in [0.1, 0.15) is 277 Å². The fourth-order valence-electron chi connectivity index (χ4n) is 8.82. The van der Waals surface area contributed by atoms with Gasteiger partial charge in [0.05, 0.1) is 12.5 Å². The van der Waals surface area contributed by atoms with E-state index in [1.54, 1.807) is 0 Å². The average Bonchev–Trinajstić information content (AvgIpc) is 3.27. The molecule has 0 saturated carbocycles. The maximum atomic E-state index is 13.6. The second-order valence-corrected chi connectivity index (χ2v) is 18.9. The van der Waals surface area contributed by atoms with E-state index in [9.17, 15) is 24.6 Å². The molecule has 4 N–H and O–H groups in total. The minimum absolute atomic E-state index is 0.134. The lowest BCUT2D eigenvalue weighted by molar-refractivity contribution is -0.155. The monoisotopic (exact) mass is 891 g/mol. The number of aliphatic hydroxyl groups is 2. The van der Waals surface area contributed by atoms with Crippen molar-refractivity contribution in [2.24, 2.45) is 11.8 Å². The quantitative estimate of drug-likeness (QED) is 0.0269. The normalized spacial score (nSPS) is 13.3. The van der Waals surface area contributed by atoms with E-state index < -0.39 is 24.6 Å². The Hall–Kier alpha value is -2.19. The highest BCUT2D eigenvalue weighted by molar-refractivity contribution is 5.72. The minimum atomic E-state index is -1.03. The van der Waals surface area contributed by atoms with Crippen LogP contribution >= 0.6 is 0 Å². The summed E-state index contributed by atoms with van der Waals surface area (Å²) in [5.41, 5.74) is 0. The number of carbonyl (C=O) groups is 3. The number of esters is 1. The molecule has 0 aromatic heterocycles. The number of allylic oxidation sites excluding steroid dienone is 4. The van der Waals surface area contributed by atoms with Gasteiger partial charge in [-0.2, -0.15) is 0 Å². The summed E-state index contributed by atoms with van der Waals surface area (Å²) in [5, 5.41) is 36.9. The number of aliphatic carboxylic acids is 2.